The number of aliphatic hydroxyl groups excluding tert-OH is 3. The van der Waals surface area contributed by atoms with E-state index >= 15 is 0 Å². The second-order valence-corrected chi connectivity index (χ2v) is 5.00. The zero-order valence-electron chi connectivity index (χ0n) is 10.5. The SMILES string of the molecule is CC1=CC([C@H]2O[C@H](CO)[C@@H](O)C2O)c2ncncc21. The molecule has 0 spiro atoms. The number of aromatic nitrogens is 2. The van der Waals surface area contributed by atoms with Gasteiger partial charge in [0.1, 0.15) is 24.6 Å². The molecule has 2 aliphatic rings. The quantitative estimate of drug-likeness (QED) is 0.664. The van der Waals surface area contributed by atoms with Crippen LogP contribution in [0, 0.1) is 0 Å². The maximum atomic E-state index is 10.1. The summed E-state index contributed by atoms with van der Waals surface area (Å²) in [7, 11) is 0. The first-order chi connectivity index (χ1) is 9.13. The Balaban J connectivity index is 1.93. The number of fused-ring (bicyclic) bond motifs is 1. The Morgan fingerprint density at radius 2 is 2.11 bits per heavy atom. The van der Waals surface area contributed by atoms with E-state index in [9.17, 15) is 10.2 Å². The van der Waals surface area contributed by atoms with Gasteiger partial charge in [0.15, 0.2) is 0 Å². The van der Waals surface area contributed by atoms with Crippen molar-refractivity contribution in [3.63, 3.8) is 0 Å². The van der Waals surface area contributed by atoms with Gasteiger partial charge in [-0.05, 0) is 12.5 Å². The normalized spacial score (nSPS) is 37.3. The number of hydrogen-bond donors (Lipinski definition) is 3. The number of hydrogen-bond acceptors (Lipinski definition) is 6. The molecular weight excluding hydrogens is 248 g/mol. The van der Waals surface area contributed by atoms with Crippen LogP contribution in [0.2, 0.25) is 0 Å². The molecule has 1 saturated heterocycles. The minimum atomic E-state index is -1.07. The minimum absolute atomic E-state index is 0.223. The lowest BCUT2D eigenvalue weighted by molar-refractivity contribution is -0.0258. The molecule has 6 nitrogen and oxygen atoms in total. The number of nitrogens with zero attached hydrogens (tertiary/aromatic N) is 2. The second kappa shape index (κ2) is 4.64. The van der Waals surface area contributed by atoms with Gasteiger partial charge in [-0.1, -0.05) is 6.08 Å². The van der Waals surface area contributed by atoms with Crippen molar-refractivity contribution < 1.29 is 20.1 Å². The molecule has 1 aromatic rings. The Morgan fingerprint density at radius 3 is 2.79 bits per heavy atom. The molecule has 0 aromatic carbocycles. The topological polar surface area (TPSA) is 95.7 Å². The highest BCUT2D eigenvalue weighted by molar-refractivity contribution is 5.71. The summed E-state index contributed by atoms with van der Waals surface area (Å²) in [6.45, 7) is 1.63. The average molecular weight is 264 g/mol. The summed E-state index contributed by atoms with van der Waals surface area (Å²) in [6.07, 6.45) is 1.69. The first-order valence-corrected chi connectivity index (χ1v) is 6.24. The van der Waals surface area contributed by atoms with Gasteiger partial charge < -0.3 is 20.1 Å². The first kappa shape index (κ1) is 12.7. The molecule has 6 heteroatoms. The molecule has 5 atom stereocenters. The Morgan fingerprint density at radius 1 is 1.32 bits per heavy atom. The van der Waals surface area contributed by atoms with Crippen molar-refractivity contribution in [1.82, 2.24) is 9.97 Å². The molecule has 1 aliphatic carbocycles. The molecule has 0 amide bonds. The summed E-state index contributed by atoms with van der Waals surface area (Å²) in [5, 5.41) is 29.0. The van der Waals surface area contributed by atoms with Crippen LogP contribution in [-0.2, 0) is 4.74 Å². The number of aliphatic hydroxyl groups is 3. The summed E-state index contributed by atoms with van der Waals surface area (Å²) >= 11 is 0. The Hall–Kier alpha value is -1.34. The summed E-state index contributed by atoms with van der Waals surface area (Å²) < 4.78 is 5.57. The predicted octanol–water partition coefficient (Wildman–Crippen LogP) is -0.541. The third kappa shape index (κ3) is 1.88. The molecule has 1 aliphatic heterocycles. The van der Waals surface area contributed by atoms with Crippen molar-refractivity contribution in [2.24, 2.45) is 0 Å². The van der Waals surface area contributed by atoms with E-state index in [1.54, 1.807) is 6.20 Å². The van der Waals surface area contributed by atoms with Crippen molar-refractivity contribution >= 4 is 5.57 Å². The molecule has 0 saturated carbocycles. The van der Waals surface area contributed by atoms with Gasteiger partial charge >= 0.3 is 0 Å². The van der Waals surface area contributed by atoms with Gasteiger partial charge in [0.25, 0.3) is 0 Å². The van der Waals surface area contributed by atoms with E-state index in [0.29, 0.717) is 0 Å². The lowest BCUT2D eigenvalue weighted by Gasteiger charge is -2.20. The van der Waals surface area contributed by atoms with Crippen LogP contribution in [-0.4, -0.2) is 56.3 Å². The molecule has 0 bridgehead atoms. The van der Waals surface area contributed by atoms with Crippen molar-refractivity contribution in [2.45, 2.75) is 37.3 Å². The van der Waals surface area contributed by atoms with Gasteiger partial charge in [-0.3, -0.25) is 0 Å². The third-order valence-corrected chi connectivity index (χ3v) is 3.85. The highest BCUT2D eigenvalue weighted by atomic mass is 16.6. The van der Waals surface area contributed by atoms with Crippen molar-refractivity contribution in [2.75, 3.05) is 6.61 Å². The Kier molecular flexibility index (Phi) is 3.10. The van der Waals surface area contributed by atoms with Crippen molar-refractivity contribution in [1.29, 1.82) is 0 Å². The van der Waals surface area contributed by atoms with Gasteiger partial charge in [-0.25, -0.2) is 9.97 Å². The first-order valence-electron chi connectivity index (χ1n) is 6.24. The molecule has 3 rings (SSSR count). The van der Waals surface area contributed by atoms with E-state index in [1.165, 1.54) is 6.33 Å². The number of rotatable bonds is 2. The predicted molar refractivity (Wildman–Crippen MR) is 66.2 cm³/mol. The molecular formula is C13H16N2O4. The van der Waals surface area contributed by atoms with E-state index in [4.69, 9.17) is 9.84 Å². The Labute approximate surface area is 110 Å². The van der Waals surface area contributed by atoms with Crippen LogP contribution in [0.4, 0.5) is 0 Å². The third-order valence-electron chi connectivity index (χ3n) is 3.85. The fourth-order valence-corrected chi connectivity index (χ4v) is 2.82. The maximum Gasteiger partial charge on any atom is 0.115 e. The van der Waals surface area contributed by atoms with Gasteiger partial charge in [0, 0.05) is 17.7 Å². The van der Waals surface area contributed by atoms with E-state index in [0.717, 1.165) is 16.8 Å². The summed E-state index contributed by atoms with van der Waals surface area (Å²) in [6, 6.07) is 0. The smallest absolute Gasteiger partial charge is 0.115 e. The molecule has 0 radical (unpaired) electrons. The lowest BCUT2D eigenvalue weighted by atomic mass is 9.95. The molecule has 2 heterocycles. The van der Waals surface area contributed by atoms with Gasteiger partial charge in [-0.2, -0.15) is 0 Å². The molecule has 1 aromatic heterocycles. The van der Waals surface area contributed by atoms with Crippen molar-refractivity contribution in [3.05, 3.63) is 29.9 Å². The van der Waals surface area contributed by atoms with Crippen LogP contribution in [0.25, 0.3) is 5.57 Å². The molecule has 3 N–H and O–H groups in total. The van der Waals surface area contributed by atoms with Crippen molar-refractivity contribution in [3.8, 4) is 0 Å². The number of ether oxygens (including phenoxy) is 1. The van der Waals surface area contributed by atoms with E-state index < -0.39 is 24.4 Å². The summed E-state index contributed by atoms with van der Waals surface area (Å²) in [5.41, 5.74) is 2.76. The van der Waals surface area contributed by atoms with Gasteiger partial charge in [-0.15, -0.1) is 0 Å². The van der Waals surface area contributed by atoms with E-state index in [1.807, 2.05) is 13.0 Å². The van der Waals surface area contributed by atoms with Crippen LogP contribution in [0.5, 0.6) is 0 Å². The van der Waals surface area contributed by atoms with Crippen LogP contribution in [0.3, 0.4) is 0 Å². The minimum Gasteiger partial charge on any atom is -0.394 e. The molecule has 1 fully saturated rings. The largest absolute Gasteiger partial charge is 0.394 e. The average Bonchev–Trinajstić information content (AvgIpc) is 2.90. The fraction of sp³-hybridized carbons (Fsp3) is 0.538. The second-order valence-electron chi connectivity index (χ2n) is 5.00. The monoisotopic (exact) mass is 264 g/mol. The van der Waals surface area contributed by atoms with Crippen LogP contribution >= 0.6 is 0 Å². The maximum absolute atomic E-state index is 10.1. The van der Waals surface area contributed by atoms with Crippen LogP contribution < -0.4 is 0 Å². The highest BCUT2D eigenvalue weighted by Gasteiger charge is 2.47. The molecule has 2 unspecified atom stereocenters. The Bertz CT molecular complexity index is 519. The van der Waals surface area contributed by atoms with E-state index in [2.05, 4.69) is 9.97 Å². The van der Waals surface area contributed by atoms with Crippen LogP contribution in [0.1, 0.15) is 24.1 Å². The number of allylic oxidation sites excluding steroid dienone is 1. The summed E-state index contributed by atoms with van der Waals surface area (Å²) in [4.78, 5) is 8.24. The highest BCUT2D eigenvalue weighted by Crippen LogP contribution is 2.40. The van der Waals surface area contributed by atoms with Gasteiger partial charge in [0.2, 0.25) is 0 Å². The van der Waals surface area contributed by atoms with Gasteiger partial charge in [0.05, 0.1) is 18.4 Å². The van der Waals surface area contributed by atoms with Crippen LogP contribution in [0.15, 0.2) is 18.6 Å². The van der Waals surface area contributed by atoms with E-state index in [-0.39, 0.29) is 12.5 Å². The lowest BCUT2D eigenvalue weighted by Crippen LogP contribution is -2.35. The molecule has 19 heavy (non-hydrogen) atoms. The zero-order chi connectivity index (χ0) is 13.6. The zero-order valence-corrected chi connectivity index (χ0v) is 10.5. The standard InChI is InChI=1S/C13H16N2O4/c1-6-2-7(10-8(6)3-14-5-15-10)13-12(18)11(17)9(4-16)19-13/h2-3,5,7,9,11-13,16-18H,4H2,1H3/t7?,9-,11-,12?,13-/m1/s1. The molecule has 102 valence electrons. The summed E-state index contributed by atoms with van der Waals surface area (Å²) in [5.74, 6) is -0.223. The fourth-order valence-electron chi connectivity index (χ4n) is 2.82.